The van der Waals surface area contributed by atoms with Gasteiger partial charge in [0.1, 0.15) is 0 Å². The molecular formula is C18H22N2. The number of hydrogen-bond acceptors (Lipinski definition) is 2. The van der Waals surface area contributed by atoms with Crippen LogP contribution >= 0.6 is 0 Å². The first-order chi connectivity index (χ1) is 9.81. The zero-order chi connectivity index (χ0) is 13.6. The Morgan fingerprint density at radius 3 is 2.70 bits per heavy atom. The summed E-state index contributed by atoms with van der Waals surface area (Å²) in [6.07, 6.45) is 9.41. The third kappa shape index (κ3) is 1.74. The second-order valence-electron chi connectivity index (χ2n) is 6.56. The van der Waals surface area contributed by atoms with Gasteiger partial charge in [0.2, 0.25) is 0 Å². The van der Waals surface area contributed by atoms with Gasteiger partial charge in [-0.25, -0.2) is 0 Å². The van der Waals surface area contributed by atoms with Gasteiger partial charge in [-0.2, -0.15) is 0 Å². The van der Waals surface area contributed by atoms with E-state index in [-0.39, 0.29) is 0 Å². The van der Waals surface area contributed by atoms with Crippen LogP contribution in [-0.4, -0.2) is 12.0 Å². The van der Waals surface area contributed by atoms with Gasteiger partial charge in [-0.15, -0.1) is 0 Å². The summed E-state index contributed by atoms with van der Waals surface area (Å²) < 4.78 is 0. The van der Waals surface area contributed by atoms with Crippen LogP contribution in [0.1, 0.15) is 43.4 Å². The molecule has 0 unspecified atom stereocenters. The monoisotopic (exact) mass is 266 g/mol. The summed E-state index contributed by atoms with van der Waals surface area (Å²) in [4.78, 5) is 5.00. The van der Waals surface area contributed by atoms with Crippen LogP contribution in [0.3, 0.4) is 0 Å². The van der Waals surface area contributed by atoms with Crippen LogP contribution in [0.5, 0.6) is 0 Å². The molecular weight excluding hydrogens is 244 g/mol. The van der Waals surface area contributed by atoms with E-state index in [0.717, 1.165) is 5.52 Å². The Kier molecular flexibility index (Phi) is 2.73. The summed E-state index contributed by atoms with van der Waals surface area (Å²) in [5.41, 5.74) is 5.88. The van der Waals surface area contributed by atoms with Crippen LogP contribution < -0.4 is 5.32 Å². The van der Waals surface area contributed by atoms with Gasteiger partial charge in [0.25, 0.3) is 0 Å². The lowest BCUT2D eigenvalue weighted by molar-refractivity contribution is 0.252. The van der Waals surface area contributed by atoms with E-state index >= 15 is 0 Å². The van der Waals surface area contributed by atoms with Gasteiger partial charge in [0, 0.05) is 23.8 Å². The van der Waals surface area contributed by atoms with Gasteiger partial charge in [-0.3, -0.25) is 4.98 Å². The maximum atomic E-state index is 5.00. The first-order valence-corrected chi connectivity index (χ1v) is 7.90. The first kappa shape index (κ1) is 12.2. The molecule has 1 aromatic carbocycles. The predicted molar refractivity (Wildman–Crippen MR) is 84.2 cm³/mol. The maximum Gasteiger partial charge on any atom is 0.0726 e. The molecule has 2 heteroatoms. The van der Waals surface area contributed by atoms with Crippen molar-refractivity contribution in [2.45, 2.75) is 44.9 Å². The van der Waals surface area contributed by atoms with E-state index in [4.69, 9.17) is 4.98 Å². The van der Waals surface area contributed by atoms with E-state index in [9.17, 15) is 0 Å². The highest BCUT2D eigenvalue weighted by Crippen LogP contribution is 2.49. The first-order valence-electron chi connectivity index (χ1n) is 7.90. The molecule has 2 aliphatic rings. The number of rotatable bonds is 1. The Hall–Kier alpha value is -1.57. The van der Waals surface area contributed by atoms with Crippen LogP contribution in [0.15, 0.2) is 24.3 Å². The fourth-order valence-corrected chi connectivity index (χ4v) is 4.39. The van der Waals surface area contributed by atoms with Gasteiger partial charge in [0.15, 0.2) is 0 Å². The maximum absolute atomic E-state index is 5.00. The van der Waals surface area contributed by atoms with E-state index < -0.39 is 0 Å². The lowest BCUT2D eigenvalue weighted by Crippen LogP contribution is -2.27. The number of nitrogens with zero attached hydrogens (tertiary/aromatic N) is 1. The van der Waals surface area contributed by atoms with Gasteiger partial charge in [-0.05, 0) is 49.1 Å². The zero-order valence-electron chi connectivity index (χ0n) is 12.2. The quantitative estimate of drug-likeness (QED) is 0.831. The molecule has 1 N–H and O–H groups in total. The lowest BCUT2D eigenvalue weighted by Gasteiger charge is -2.35. The minimum atomic E-state index is 0.577. The zero-order valence-corrected chi connectivity index (χ0v) is 12.2. The minimum absolute atomic E-state index is 0.577. The molecule has 104 valence electrons. The molecule has 2 nitrogen and oxygen atoms in total. The number of hydrogen-bond donors (Lipinski definition) is 1. The predicted octanol–water partition coefficient (Wildman–Crippen LogP) is 4.33. The van der Waals surface area contributed by atoms with Crippen molar-refractivity contribution in [3.63, 3.8) is 0 Å². The van der Waals surface area contributed by atoms with Crippen LogP contribution in [0.25, 0.3) is 10.9 Å². The van der Waals surface area contributed by atoms with Crippen LogP contribution in [0, 0.1) is 5.41 Å². The van der Waals surface area contributed by atoms with Crippen molar-refractivity contribution in [1.29, 1.82) is 0 Å². The van der Waals surface area contributed by atoms with Crippen molar-refractivity contribution >= 4 is 16.6 Å². The summed E-state index contributed by atoms with van der Waals surface area (Å²) in [7, 11) is 2.04. The van der Waals surface area contributed by atoms with Crippen LogP contribution in [0.4, 0.5) is 5.69 Å². The normalized spacial score (nSPS) is 20.2. The largest absolute Gasteiger partial charge is 0.387 e. The van der Waals surface area contributed by atoms with Crippen molar-refractivity contribution in [3.8, 4) is 0 Å². The van der Waals surface area contributed by atoms with Crippen LogP contribution in [-0.2, 0) is 12.8 Å². The fourth-order valence-electron chi connectivity index (χ4n) is 4.39. The van der Waals surface area contributed by atoms with Crippen molar-refractivity contribution < 1.29 is 0 Å². The van der Waals surface area contributed by atoms with Crippen molar-refractivity contribution in [2.24, 2.45) is 5.41 Å². The van der Waals surface area contributed by atoms with E-state index in [1.807, 2.05) is 7.05 Å². The number of aromatic nitrogens is 1. The van der Waals surface area contributed by atoms with Crippen molar-refractivity contribution in [2.75, 3.05) is 12.4 Å². The number of pyridine rings is 1. The molecule has 0 radical (unpaired) electrons. The highest BCUT2D eigenvalue weighted by Gasteiger charge is 2.38. The Morgan fingerprint density at radius 1 is 1.10 bits per heavy atom. The standard InChI is InChI=1S/C18H22N2/c1-19-17-13-6-2-3-7-15(13)20-16-12-18(9-4-5-10-18)11-8-14(16)17/h2-3,6-7H,4-5,8-12H2,1H3,(H,19,20). The van der Waals surface area contributed by atoms with E-state index in [1.165, 1.54) is 67.3 Å². The Balaban J connectivity index is 1.88. The highest BCUT2D eigenvalue weighted by molar-refractivity contribution is 5.93. The van der Waals surface area contributed by atoms with Crippen LogP contribution in [0.2, 0.25) is 0 Å². The van der Waals surface area contributed by atoms with E-state index in [1.54, 1.807) is 0 Å². The van der Waals surface area contributed by atoms with E-state index in [2.05, 4.69) is 29.6 Å². The molecule has 4 rings (SSSR count). The Labute approximate surface area is 120 Å². The highest BCUT2D eigenvalue weighted by atomic mass is 14.9. The second-order valence-corrected chi connectivity index (χ2v) is 6.56. The van der Waals surface area contributed by atoms with Gasteiger partial charge in [0.05, 0.1) is 5.52 Å². The molecule has 2 aliphatic carbocycles. The molecule has 1 spiro atoms. The molecule has 1 saturated carbocycles. The molecule has 1 fully saturated rings. The molecule has 1 heterocycles. The number of benzene rings is 1. The summed E-state index contributed by atoms with van der Waals surface area (Å²) in [5.74, 6) is 0. The average molecular weight is 266 g/mol. The summed E-state index contributed by atoms with van der Waals surface area (Å²) >= 11 is 0. The Bertz CT molecular complexity index is 654. The second kappa shape index (κ2) is 4.47. The van der Waals surface area contributed by atoms with E-state index in [0.29, 0.717) is 5.41 Å². The Morgan fingerprint density at radius 2 is 1.90 bits per heavy atom. The smallest absolute Gasteiger partial charge is 0.0726 e. The summed E-state index contributed by atoms with van der Waals surface area (Å²) in [5, 5.41) is 4.71. The molecule has 0 amide bonds. The number of nitrogens with one attached hydrogen (secondary N) is 1. The summed E-state index contributed by atoms with van der Waals surface area (Å²) in [6, 6.07) is 8.54. The number of para-hydroxylation sites is 1. The molecule has 0 atom stereocenters. The molecule has 0 bridgehead atoms. The van der Waals surface area contributed by atoms with Crippen molar-refractivity contribution in [3.05, 3.63) is 35.5 Å². The lowest BCUT2D eigenvalue weighted by atomic mass is 9.71. The number of fused-ring (bicyclic) bond motifs is 2. The average Bonchev–Trinajstić information content (AvgIpc) is 2.92. The minimum Gasteiger partial charge on any atom is -0.387 e. The molecule has 2 aromatic rings. The number of anilines is 1. The van der Waals surface area contributed by atoms with Crippen molar-refractivity contribution in [1.82, 2.24) is 4.98 Å². The SMILES string of the molecule is CNc1c2c(nc3ccccc13)CC1(CCCC1)CC2. The molecule has 1 aromatic heterocycles. The third-order valence-corrected chi connectivity index (χ3v) is 5.44. The molecule has 20 heavy (non-hydrogen) atoms. The van der Waals surface area contributed by atoms with Gasteiger partial charge >= 0.3 is 0 Å². The van der Waals surface area contributed by atoms with Gasteiger partial charge < -0.3 is 5.32 Å². The topological polar surface area (TPSA) is 24.9 Å². The summed E-state index contributed by atoms with van der Waals surface area (Å²) in [6.45, 7) is 0. The third-order valence-electron chi connectivity index (χ3n) is 5.44. The fraction of sp³-hybridized carbons (Fsp3) is 0.500. The van der Waals surface area contributed by atoms with Gasteiger partial charge in [-0.1, -0.05) is 31.0 Å². The molecule has 0 saturated heterocycles. The molecule has 0 aliphatic heterocycles.